The van der Waals surface area contributed by atoms with E-state index >= 15 is 0 Å². The molecule has 0 radical (unpaired) electrons. The van der Waals surface area contributed by atoms with E-state index in [9.17, 15) is 4.79 Å². The summed E-state index contributed by atoms with van der Waals surface area (Å²) in [4.78, 5) is 12.7. The SMILES string of the molecule is CCCCCOc1cccc(CCNCN(C)C(C)=O)c1.Cl. The normalized spacial score (nSPS) is 9.95. The van der Waals surface area contributed by atoms with Gasteiger partial charge in [0.05, 0.1) is 13.3 Å². The molecule has 0 aliphatic carbocycles. The molecular weight excluding hydrogens is 300 g/mol. The fourth-order valence-corrected chi connectivity index (χ4v) is 1.92. The van der Waals surface area contributed by atoms with Gasteiger partial charge in [0.2, 0.25) is 5.91 Å². The van der Waals surface area contributed by atoms with Gasteiger partial charge in [-0.3, -0.25) is 10.1 Å². The molecule has 0 saturated heterocycles. The minimum Gasteiger partial charge on any atom is -0.494 e. The average molecular weight is 329 g/mol. The summed E-state index contributed by atoms with van der Waals surface area (Å²) in [6.45, 7) is 5.98. The molecule has 1 aromatic rings. The van der Waals surface area contributed by atoms with Gasteiger partial charge in [0.1, 0.15) is 5.75 Å². The summed E-state index contributed by atoms with van der Waals surface area (Å²) >= 11 is 0. The van der Waals surface area contributed by atoms with Crippen LogP contribution in [0.3, 0.4) is 0 Å². The first-order valence-corrected chi connectivity index (χ1v) is 7.77. The molecule has 5 heteroatoms. The highest BCUT2D eigenvalue weighted by molar-refractivity contribution is 5.85. The standard InChI is InChI=1S/C17H28N2O2.ClH/c1-4-5-6-12-21-17-9-7-8-16(13-17)10-11-18-14-19(3)15(2)20;/h7-9,13,18H,4-6,10-12,14H2,1-3H3;1H. The van der Waals surface area contributed by atoms with Crippen LogP contribution in [0.5, 0.6) is 5.75 Å². The van der Waals surface area contributed by atoms with Gasteiger partial charge in [-0.25, -0.2) is 0 Å². The van der Waals surface area contributed by atoms with E-state index in [1.807, 2.05) is 12.1 Å². The Morgan fingerprint density at radius 1 is 1.32 bits per heavy atom. The highest BCUT2D eigenvalue weighted by Crippen LogP contribution is 2.14. The lowest BCUT2D eigenvalue weighted by atomic mass is 10.1. The van der Waals surface area contributed by atoms with E-state index in [1.54, 1.807) is 18.9 Å². The monoisotopic (exact) mass is 328 g/mol. The van der Waals surface area contributed by atoms with Crippen molar-refractivity contribution in [2.75, 3.05) is 26.9 Å². The Morgan fingerprint density at radius 2 is 2.09 bits per heavy atom. The molecule has 4 nitrogen and oxygen atoms in total. The number of nitrogens with zero attached hydrogens (tertiary/aromatic N) is 1. The van der Waals surface area contributed by atoms with Crippen molar-refractivity contribution in [1.82, 2.24) is 10.2 Å². The number of hydrogen-bond acceptors (Lipinski definition) is 3. The summed E-state index contributed by atoms with van der Waals surface area (Å²) in [5, 5.41) is 3.26. The summed E-state index contributed by atoms with van der Waals surface area (Å²) in [5.74, 6) is 1.02. The predicted molar refractivity (Wildman–Crippen MR) is 93.7 cm³/mol. The molecule has 0 aliphatic rings. The fraction of sp³-hybridized carbons (Fsp3) is 0.588. The predicted octanol–water partition coefficient (Wildman–Crippen LogP) is 3.25. The Morgan fingerprint density at radius 3 is 2.77 bits per heavy atom. The number of benzene rings is 1. The smallest absolute Gasteiger partial charge is 0.220 e. The molecule has 22 heavy (non-hydrogen) atoms. The van der Waals surface area contributed by atoms with Gasteiger partial charge < -0.3 is 9.64 Å². The van der Waals surface area contributed by atoms with Crippen molar-refractivity contribution >= 4 is 18.3 Å². The quantitative estimate of drug-likeness (QED) is 0.529. The third kappa shape index (κ3) is 8.90. The maximum Gasteiger partial charge on any atom is 0.220 e. The maximum atomic E-state index is 11.1. The second kappa shape index (κ2) is 12.3. The van der Waals surface area contributed by atoms with E-state index in [-0.39, 0.29) is 18.3 Å². The zero-order valence-corrected chi connectivity index (χ0v) is 14.7. The average Bonchev–Trinajstić information content (AvgIpc) is 2.48. The largest absolute Gasteiger partial charge is 0.494 e. The molecule has 1 aromatic carbocycles. The molecule has 0 fully saturated rings. The van der Waals surface area contributed by atoms with Gasteiger partial charge in [0, 0.05) is 20.5 Å². The minimum absolute atomic E-state index is 0. The van der Waals surface area contributed by atoms with Crippen LogP contribution < -0.4 is 10.1 Å². The van der Waals surface area contributed by atoms with Gasteiger partial charge in [-0.15, -0.1) is 12.4 Å². The van der Waals surface area contributed by atoms with Crippen LogP contribution in [0, 0.1) is 0 Å². The van der Waals surface area contributed by atoms with E-state index in [0.717, 1.165) is 31.7 Å². The molecule has 0 heterocycles. The molecular formula is C17H29ClN2O2. The van der Waals surface area contributed by atoms with Crippen molar-refractivity contribution in [1.29, 1.82) is 0 Å². The van der Waals surface area contributed by atoms with Gasteiger partial charge in [0.25, 0.3) is 0 Å². The second-order valence-corrected chi connectivity index (χ2v) is 5.33. The number of ether oxygens (including phenoxy) is 1. The summed E-state index contributed by atoms with van der Waals surface area (Å²) in [6, 6.07) is 8.25. The number of rotatable bonds is 10. The van der Waals surface area contributed by atoms with Gasteiger partial charge in [0.15, 0.2) is 0 Å². The number of halogens is 1. The van der Waals surface area contributed by atoms with Crippen LogP contribution in [-0.2, 0) is 11.2 Å². The van der Waals surface area contributed by atoms with E-state index in [4.69, 9.17) is 4.74 Å². The van der Waals surface area contributed by atoms with Gasteiger partial charge in [-0.1, -0.05) is 31.9 Å². The number of carbonyl (C=O) groups is 1. The third-order valence-electron chi connectivity index (χ3n) is 3.39. The lowest BCUT2D eigenvalue weighted by Gasteiger charge is -2.15. The van der Waals surface area contributed by atoms with Crippen LogP contribution in [0.15, 0.2) is 24.3 Å². The maximum absolute atomic E-state index is 11.1. The number of carbonyl (C=O) groups excluding carboxylic acids is 1. The van der Waals surface area contributed by atoms with Gasteiger partial charge in [-0.05, 0) is 30.5 Å². The lowest BCUT2D eigenvalue weighted by molar-refractivity contribution is -0.127. The summed E-state index contributed by atoms with van der Waals surface area (Å²) in [6.07, 6.45) is 4.47. The van der Waals surface area contributed by atoms with Crippen LogP contribution >= 0.6 is 12.4 Å². The zero-order valence-electron chi connectivity index (χ0n) is 13.9. The number of nitrogens with one attached hydrogen (secondary N) is 1. The number of unbranched alkanes of at least 4 members (excludes halogenated alkanes) is 2. The number of hydrogen-bond donors (Lipinski definition) is 1. The summed E-state index contributed by atoms with van der Waals surface area (Å²) < 4.78 is 5.75. The lowest BCUT2D eigenvalue weighted by Crippen LogP contribution is -2.35. The van der Waals surface area contributed by atoms with E-state index in [2.05, 4.69) is 24.4 Å². The topological polar surface area (TPSA) is 41.6 Å². The van der Waals surface area contributed by atoms with Crippen molar-refractivity contribution in [2.45, 2.75) is 39.5 Å². The van der Waals surface area contributed by atoms with E-state index < -0.39 is 0 Å². The van der Waals surface area contributed by atoms with Crippen LogP contribution in [0.25, 0.3) is 0 Å². The van der Waals surface area contributed by atoms with Crippen molar-refractivity contribution in [2.24, 2.45) is 0 Å². The molecule has 0 atom stereocenters. The van der Waals surface area contributed by atoms with Crippen molar-refractivity contribution < 1.29 is 9.53 Å². The van der Waals surface area contributed by atoms with Crippen molar-refractivity contribution in [3.8, 4) is 5.75 Å². The molecule has 0 bridgehead atoms. The molecule has 1 rings (SSSR count). The molecule has 0 aliphatic heterocycles. The number of amides is 1. The van der Waals surface area contributed by atoms with E-state index in [0.29, 0.717) is 6.67 Å². The van der Waals surface area contributed by atoms with Crippen LogP contribution in [0.1, 0.15) is 38.7 Å². The Labute approximate surface area is 140 Å². The highest BCUT2D eigenvalue weighted by Gasteiger charge is 2.01. The first-order chi connectivity index (χ1) is 10.1. The van der Waals surface area contributed by atoms with Crippen LogP contribution in [-0.4, -0.2) is 37.7 Å². The summed E-state index contributed by atoms with van der Waals surface area (Å²) in [7, 11) is 1.79. The van der Waals surface area contributed by atoms with Crippen LogP contribution in [0.4, 0.5) is 0 Å². The Bertz CT molecular complexity index is 427. The first kappa shape index (κ1) is 20.7. The zero-order chi connectivity index (χ0) is 15.5. The third-order valence-corrected chi connectivity index (χ3v) is 3.39. The van der Waals surface area contributed by atoms with E-state index in [1.165, 1.54) is 18.4 Å². The molecule has 0 saturated carbocycles. The molecule has 1 amide bonds. The molecule has 0 spiro atoms. The Kier molecular flexibility index (Phi) is 11.6. The fourth-order valence-electron chi connectivity index (χ4n) is 1.92. The molecule has 0 unspecified atom stereocenters. The summed E-state index contributed by atoms with van der Waals surface area (Å²) in [5.41, 5.74) is 1.25. The van der Waals surface area contributed by atoms with Gasteiger partial charge >= 0.3 is 0 Å². The van der Waals surface area contributed by atoms with Crippen LogP contribution in [0.2, 0.25) is 0 Å². The molecule has 126 valence electrons. The highest BCUT2D eigenvalue weighted by atomic mass is 35.5. The Hall–Kier alpha value is -1.26. The second-order valence-electron chi connectivity index (χ2n) is 5.33. The Balaban J connectivity index is 0.00000441. The van der Waals surface area contributed by atoms with Crippen molar-refractivity contribution in [3.63, 3.8) is 0 Å². The van der Waals surface area contributed by atoms with Gasteiger partial charge in [-0.2, -0.15) is 0 Å². The molecule has 1 N–H and O–H groups in total. The minimum atomic E-state index is 0. The first-order valence-electron chi connectivity index (χ1n) is 7.77. The molecule has 0 aromatic heterocycles. The van der Waals surface area contributed by atoms with Crippen molar-refractivity contribution in [3.05, 3.63) is 29.8 Å².